The first-order valence-corrected chi connectivity index (χ1v) is 13.5. The van der Waals surface area contributed by atoms with E-state index in [-0.39, 0.29) is 23.6 Å². The molecule has 2 aromatic rings. The summed E-state index contributed by atoms with van der Waals surface area (Å²) in [6.07, 6.45) is 3.49. The molecule has 36 heavy (non-hydrogen) atoms. The van der Waals surface area contributed by atoms with Crippen LogP contribution in [-0.4, -0.2) is 46.0 Å². The van der Waals surface area contributed by atoms with Crippen molar-refractivity contribution in [1.82, 2.24) is 9.47 Å². The number of ether oxygens (including phenoxy) is 1. The Morgan fingerprint density at radius 1 is 1.25 bits per heavy atom. The van der Waals surface area contributed by atoms with Crippen molar-refractivity contribution in [3.63, 3.8) is 0 Å². The number of morpholine rings is 1. The number of carbonyl (C=O) groups is 1. The van der Waals surface area contributed by atoms with E-state index in [2.05, 4.69) is 17.9 Å². The molecule has 0 aliphatic carbocycles. The van der Waals surface area contributed by atoms with Crippen LogP contribution in [0, 0.1) is 18.3 Å². The van der Waals surface area contributed by atoms with Crippen molar-refractivity contribution in [3.8, 4) is 6.07 Å². The van der Waals surface area contributed by atoms with Gasteiger partial charge in [-0.3, -0.25) is 19.1 Å². The maximum absolute atomic E-state index is 13.5. The highest BCUT2D eigenvalue weighted by Gasteiger charge is 2.34. The summed E-state index contributed by atoms with van der Waals surface area (Å²) >= 11 is 13.1. The van der Waals surface area contributed by atoms with Crippen molar-refractivity contribution in [2.45, 2.75) is 39.8 Å². The minimum absolute atomic E-state index is 0.0981. The van der Waals surface area contributed by atoms with Gasteiger partial charge in [-0.05, 0) is 36.6 Å². The number of nitrogens with zero attached hydrogens (tertiary/aromatic N) is 4. The van der Waals surface area contributed by atoms with Crippen molar-refractivity contribution < 1.29 is 9.53 Å². The molecule has 1 aromatic heterocycles. The lowest BCUT2D eigenvalue weighted by Crippen LogP contribution is -2.41. The van der Waals surface area contributed by atoms with Crippen molar-refractivity contribution in [3.05, 3.63) is 66.8 Å². The van der Waals surface area contributed by atoms with Gasteiger partial charge in [0.1, 0.15) is 21.8 Å². The minimum Gasteiger partial charge on any atom is -0.378 e. The molecule has 7 nitrogen and oxygen atoms in total. The highest BCUT2D eigenvalue weighted by Crippen LogP contribution is 2.37. The SMILES string of the molecule is CCCCn1c(N2CCOCC2)c(C=C2SC(=S)N(Cc3ccccc3Cl)C2=O)c(C)c(C#N)c1=O. The lowest BCUT2D eigenvalue weighted by molar-refractivity contribution is -0.122. The van der Waals surface area contributed by atoms with Crippen LogP contribution in [0.25, 0.3) is 6.08 Å². The van der Waals surface area contributed by atoms with Gasteiger partial charge in [-0.25, -0.2) is 0 Å². The van der Waals surface area contributed by atoms with E-state index in [0.717, 1.165) is 24.2 Å². The third kappa shape index (κ3) is 5.23. The number of hydrogen-bond acceptors (Lipinski definition) is 7. The van der Waals surface area contributed by atoms with Gasteiger partial charge in [-0.2, -0.15) is 5.26 Å². The number of unbranched alkanes of at least 4 members (excludes halogenated alkanes) is 1. The van der Waals surface area contributed by atoms with Gasteiger partial charge in [-0.15, -0.1) is 0 Å². The number of pyridine rings is 1. The summed E-state index contributed by atoms with van der Waals surface area (Å²) < 4.78 is 7.68. The molecule has 10 heteroatoms. The number of benzene rings is 1. The monoisotopic (exact) mass is 542 g/mol. The van der Waals surface area contributed by atoms with Crippen LogP contribution in [0.15, 0.2) is 34.0 Å². The van der Waals surface area contributed by atoms with E-state index in [1.807, 2.05) is 18.2 Å². The van der Waals surface area contributed by atoms with Crippen LogP contribution in [0.2, 0.25) is 5.02 Å². The van der Waals surface area contributed by atoms with E-state index in [0.29, 0.717) is 58.2 Å². The highest BCUT2D eigenvalue weighted by atomic mass is 35.5. The molecular weight excluding hydrogens is 516 g/mol. The maximum Gasteiger partial charge on any atom is 0.270 e. The topological polar surface area (TPSA) is 78.6 Å². The Hall–Kier alpha value is -2.64. The van der Waals surface area contributed by atoms with Crippen LogP contribution in [-0.2, 0) is 22.6 Å². The fraction of sp³-hybridized carbons (Fsp3) is 0.385. The van der Waals surface area contributed by atoms with Crippen LogP contribution in [0.5, 0.6) is 0 Å². The Kier molecular flexibility index (Phi) is 8.52. The van der Waals surface area contributed by atoms with Gasteiger partial charge in [0, 0.05) is 30.2 Å². The van der Waals surface area contributed by atoms with Gasteiger partial charge in [0.2, 0.25) is 0 Å². The molecule has 0 atom stereocenters. The van der Waals surface area contributed by atoms with Crippen molar-refractivity contribution in [2.24, 2.45) is 0 Å². The van der Waals surface area contributed by atoms with Crippen LogP contribution in [0.4, 0.5) is 5.82 Å². The second-order valence-electron chi connectivity index (χ2n) is 8.62. The summed E-state index contributed by atoms with van der Waals surface area (Å²) in [4.78, 5) is 30.9. The van der Waals surface area contributed by atoms with Crippen LogP contribution in [0.3, 0.4) is 0 Å². The van der Waals surface area contributed by atoms with Crippen molar-refractivity contribution in [2.75, 3.05) is 31.2 Å². The number of halogens is 1. The first kappa shape index (κ1) is 26.4. The highest BCUT2D eigenvalue weighted by molar-refractivity contribution is 8.26. The number of carbonyl (C=O) groups excluding carboxylic acids is 1. The fourth-order valence-corrected chi connectivity index (χ4v) is 5.78. The summed E-state index contributed by atoms with van der Waals surface area (Å²) in [5.41, 5.74) is 1.87. The molecule has 1 aromatic carbocycles. The molecule has 3 heterocycles. The smallest absolute Gasteiger partial charge is 0.270 e. The van der Waals surface area contributed by atoms with Gasteiger partial charge in [0.15, 0.2) is 0 Å². The normalized spacial score (nSPS) is 17.2. The zero-order valence-electron chi connectivity index (χ0n) is 20.3. The number of thiocarbonyl (C=S) groups is 1. The molecule has 2 aliphatic rings. The Morgan fingerprint density at radius 3 is 2.64 bits per heavy atom. The van der Waals surface area contributed by atoms with E-state index < -0.39 is 0 Å². The number of amides is 1. The van der Waals surface area contributed by atoms with Gasteiger partial charge in [0.25, 0.3) is 11.5 Å². The number of hydrogen-bond donors (Lipinski definition) is 0. The minimum atomic E-state index is -0.298. The summed E-state index contributed by atoms with van der Waals surface area (Å²) in [6, 6.07) is 9.46. The Morgan fingerprint density at radius 2 is 1.97 bits per heavy atom. The average molecular weight is 543 g/mol. The molecule has 2 saturated heterocycles. The number of rotatable bonds is 7. The first-order chi connectivity index (χ1) is 17.4. The average Bonchev–Trinajstić information content (AvgIpc) is 3.14. The van der Waals surface area contributed by atoms with Crippen LogP contribution in [0.1, 0.15) is 42.0 Å². The number of anilines is 1. The summed E-state index contributed by atoms with van der Waals surface area (Å²) in [5, 5.41) is 10.4. The van der Waals surface area contributed by atoms with Crippen LogP contribution >= 0.6 is 35.6 Å². The summed E-state index contributed by atoms with van der Waals surface area (Å²) in [7, 11) is 0. The predicted octanol–water partition coefficient (Wildman–Crippen LogP) is 4.72. The maximum atomic E-state index is 13.5. The third-order valence-electron chi connectivity index (χ3n) is 6.33. The van der Waals surface area contributed by atoms with Gasteiger partial charge >= 0.3 is 0 Å². The zero-order valence-corrected chi connectivity index (χ0v) is 22.6. The largest absolute Gasteiger partial charge is 0.378 e. The van der Waals surface area contributed by atoms with Gasteiger partial charge in [0.05, 0.1) is 24.7 Å². The van der Waals surface area contributed by atoms with Crippen molar-refractivity contribution >= 4 is 57.7 Å². The van der Waals surface area contributed by atoms with E-state index in [1.165, 1.54) is 16.7 Å². The lowest BCUT2D eigenvalue weighted by atomic mass is 10.0. The van der Waals surface area contributed by atoms with E-state index in [9.17, 15) is 14.9 Å². The van der Waals surface area contributed by atoms with E-state index >= 15 is 0 Å². The Bertz CT molecular complexity index is 1330. The molecular formula is C26H27ClN4O3S2. The Labute approximate surface area is 225 Å². The van der Waals surface area contributed by atoms with Gasteiger partial charge in [-0.1, -0.05) is 67.1 Å². The number of thioether (sulfide) groups is 1. The predicted molar refractivity (Wildman–Crippen MR) is 148 cm³/mol. The third-order valence-corrected chi connectivity index (χ3v) is 8.07. The molecule has 0 spiro atoms. The van der Waals surface area contributed by atoms with E-state index in [4.69, 9.17) is 28.6 Å². The van der Waals surface area contributed by atoms with Crippen molar-refractivity contribution in [1.29, 1.82) is 5.26 Å². The zero-order chi connectivity index (χ0) is 25.8. The molecule has 0 radical (unpaired) electrons. The molecule has 2 aliphatic heterocycles. The summed E-state index contributed by atoms with van der Waals surface area (Å²) in [6.45, 7) is 6.91. The molecule has 2 fully saturated rings. The number of aromatic nitrogens is 1. The van der Waals surface area contributed by atoms with E-state index in [1.54, 1.807) is 23.6 Å². The molecule has 0 unspecified atom stereocenters. The molecule has 0 saturated carbocycles. The number of nitriles is 1. The Balaban J connectivity index is 1.82. The second kappa shape index (κ2) is 11.6. The first-order valence-electron chi connectivity index (χ1n) is 11.9. The lowest BCUT2D eigenvalue weighted by Gasteiger charge is -2.33. The van der Waals surface area contributed by atoms with Crippen LogP contribution < -0.4 is 10.5 Å². The quantitative estimate of drug-likeness (QED) is 0.370. The second-order valence-corrected chi connectivity index (χ2v) is 10.7. The standard InChI is InChI=1S/C26H27ClN4O3S2/c1-3-4-9-30-23(29-10-12-34-13-11-29)19(17(2)20(15-28)24(30)32)14-22-25(33)31(26(35)36-22)16-18-7-5-6-8-21(18)27/h5-8,14H,3-4,9-13,16H2,1-2H3. The molecule has 1 amide bonds. The fourth-order valence-electron chi connectivity index (χ4n) is 4.35. The summed E-state index contributed by atoms with van der Waals surface area (Å²) in [5.74, 6) is 0.506. The molecule has 0 N–H and O–H groups in total. The molecule has 188 valence electrons. The van der Waals surface area contributed by atoms with Gasteiger partial charge < -0.3 is 9.64 Å². The molecule has 0 bridgehead atoms. The molecule has 4 rings (SSSR count).